The van der Waals surface area contributed by atoms with Crippen LogP contribution in [0, 0.1) is 0 Å². The van der Waals surface area contributed by atoms with Gasteiger partial charge in [-0.3, -0.25) is 14.6 Å². The Labute approximate surface area is 210 Å². The SMILES string of the molecule is C[C@H]1CCC[C@H](C)N1CCCNC(=O)[C@@]1(O)c2ccccc2NC(=O)N1c1ccc(Cl)c(Cl)c1. The van der Waals surface area contributed by atoms with Gasteiger partial charge in [0.25, 0.3) is 11.6 Å². The van der Waals surface area contributed by atoms with Crippen LogP contribution in [-0.4, -0.2) is 47.1 Å². The Hall–Kier alpha value is -2.32. The molecule has 0 radical (unpaired) electrons. The summed E-state index contributed by atoms with van der Waals surface area (Å²) in [7, 11) is 0. The Morgan fingerprint density at radius 3 is 2.56 bits per heavy atom. The van der Waals surface area contributed by atoms with Gasteiger partial charge in [0.15, 0.2) is 0 Å². The molecule has 3 amide bonds. The Morgan fingerprint density at radius 2 is 1.85 bits per heavy atom. The minimum absolute atomic E-state index is 0.207. The average Bonchev–Trinajstić information content (AvgIpc) is 2.80. The number of amides is 3. The van der Waals surface area contributed by atoms with Crippen LogP contribution < -0.4 is 15.5 Å². The molecule has 34 heavy (non-hydrogen) atoms. The van der Waals surface area contributed by atoms with Gasteiger partial charge in [-0.05, 0) is 57.4 Å². The maximum Gasteiger partial charge on any atom is 0.329 e. The Balaban J connectivity index is 1.57. The van der Waals surface area contributed by atoms with E-state index in [1.165, 1.54) is 31.4 Å². The van der Waals surface area contributed by atoms with Crippen molar-refractivity contribution in [2.75, 3.05) is 23.3 Å². The first kappa shape index (κ1) is 24.8. The molecule has 0 aromatic heterocycles. The lowest BCUT2D eigenvalue weighted by Crippen LogP contribution is -2.62. The second kappa shape index (κ2) is 10.1. The van der Waals surface area contributed by atoms with Crippen molar-refractivity contribution in [3.63, 3.8) is 0 Å². The number of nitrogens with zero attached hydrogens (tertiary/aromatic N) is 2. The van der Waals surface area contributed by atoms with E-state index in [4.69, 9.17) is 23.2 Å². The van der Waals surface area contributed by atoms with E-state index in [1.54, 1.807) is 30.3 Å². The largest absolute Gasteiger partial charge is 0.359 e. The fourth-order valence-corrected chi connectivity index (χ4v) is 5.28. The third kappa shape index (κ3) is 4.62. The lowest BCUT2D eigenvalue weighted by atomic mass is 9.94. The van der Waals surface area contributed by atoms with Crippen LogP contribution in [0.5, 0.6) is 0 Å². The smallest absolute Gasteiger partial charge is 0.329 e. The number of carbonyl (C=O) groups is 2. The van der Waals surface area contributed by atoms with E-state index in [0.29, 0.717) is 29.3 Å². The molecule has 0 aliphatic carbocycles. The monoisotopic (exact) mass is 504 g/mol. The molecule has 2 aromatic rings. The van der Waals surface area contributed by atoms with Crippen molar-refractivity contribution < 1.29 is 14.7 Å². The lowest BCUT2D eigenvalue weighted by molar-refractivity contribution is -0.140. The molecule has 4 rings (SSSR count). The molecule has 2 heterocycles. The molecule has 182 valence electrons. The van der Waals surface area contributed by atoms with Gasteiger partial charge in [0.2, 0.25) is 0 Å². The predicted molar refractivity (Wildman–Crippen MR) is 135 cm³/mol. The van der Waals surface area contributed by atoms with E-state index >= 15 is 0 Å². The Bertz CT molecular complexity index is 1070. The van der Waals surface area contributed by atoms with Crippen LogP contribution in [0.25, 0.3) is 0 Å². The zero-order chi connectivity index (χ0) is 24.5. The fourth-order valence-electron chi connectivity index (χ4n) is 4.99. The molecular weight excluding hydrogens is 475 g/mol. The van der Waals surface area contributed by atoms with Crippen molar-refractivity contribution in [2.24, 2.45) is 0 Å². The van der Waals surface area contributed by atoms with Gasteiger partial charge in [-0.25, -0.2) is 4.79 Å². The van der Waals surface area contributed by atoms with Crippen molar-refractivity contribution in [3.05, 3.63) is 58.1 Å². The van der Waals surface area contributed by atoms with Crippen LogP contribution in [0.4, 0.5) is 16.2 Å². The molecule has 1 saturated heterocycles. The minimum Gasteiger partial charge on any atom is -0.359 e. The number of piperidine rings is 1. The molecule has 2 aliphatic heterocycles. The highest BCUT2D eigenvalue weighted by atomic mass is 35.5. The molecule has 1 fully saturated rings. The highest BCUT2D eigenvalue weighted by Gasteiger charge is 2.51. The topological polar surface area (TPSA) is 84.9 Å². The molecule has 0 unspecified atom stereocenters. The van der Waals surface area contributed by atoms with E-state index in [1.807, 2.05) is 0 Å². The molecule has 2 aliphatic rings. The summed E-state index contributed by atoms with van der Waals surface area (Å²) >= 11 is 12.2. The van der Waals surface area contributed by atoms with Gasteiger partial charge in [-0.1, -0.05) is 47.8 Å². The summed E-state index contributed by atoms with van der Waals surface area (Å²) in [6, 6.07) is 11.6. The molecule has 0 bridgehead atoms. The van der Waals surface area contributed by atoms with Gasteiger partial charge >= 0.3 is 6.03 Å². The quantitative estimate of drug-likeness (QED) is 0.485. The first-order valence-corrected chi connectivity index (χ1v) is 12.4. The number of halogens is 2. The molecule has 3 N–H and O–H groups in total. The van der Waals surface area contributed by atoms with Crippen LogP contribution >= 0.6 is 23.2 Å². The van der Waals surface area contributed by atoms with Crippen molar-refractivity contribution in [2.45, 2.75) is 57.3 Å². The average molecular weight is 505 g/mol. The molecule has 7 nitrogen and oxygen atoms in total. The third-order valence-electron chi connectivity index (χ3n) is 6.80. The molecule has 0 saturated carbocycles. The normalized spacial score (nSPS) is 25.0. The van der Waals surface area contributed by atoms with Gasteiger partial charge in [-0.15, -0.1) is 0 Å². The number of carbonyl (C=O) groups excluding carboxylic acids is 2. The molecule has 9 heteroatoms. The number of hydrogen-bond acceptors (Lipinski definition) is 4. The van der Waals surface area contributed by atoms with E-state index in [9.17, 15) is 14.7 Å². The number of fused-ring (bicyclic) bond motifs is 1. The van der Waals surface area contributed by atoms with Crippen molar-refractivity contribution in [1.29, 1.82) is 0 Å². The Morgan fingerprint density at radius 1 is 1.15 bits per heavy atom. The third-order valence-corrected chi connectivity index (χ3v) is 7.54. The van der Waals surface area contributed by atoms with Gasteiger partial charge in [0.05, 0.1) is 21.4 Å². The fraction of sp³-hybridized carbons (Fsp3) is 0.440. The summed E-state index contributed by atoms with van der Waals surface area (Å²) in [6.07, 6.45) is 4.34. The van der Waals surface area contributed by atoms with Crippen molar-refractivity contribution >= 4 is 46.5 Å². The number of nitrogens with one attached hydrogen (secondary N) is 2. The number of likely N-dealkylation sites (tertiary alicyclic amines) is 1. The minimum atomic E-state index is -2.26. The summed E-state index contributed by atoms with van der Waals surface area (Å²) < 4.78 is 0. The van der Waals surface area contributed by atoms with Crippen LogP contribution in [0.2, 0.25) is 10.0 Å². The lowest BCUT2D eigenvalue weighted by Gasteiger charge is -2.42. The second-order valence-electron chi connectivity index (χ2n) is 9.06. The maximum absolute atomic E-state index is 13.5. The highest BCUT2D eigenvalue weighted by Crippen LogP contribution is 2.41. The van der Waals surface area contributed by atoms with Gasteiger partial charge in [-0.2, -0.15) is 0 Å². The van der Waals surface area contributed by atoms with Crippen LogP contribution in [0.15, 0.2) is 42.5 Å². The number of anilines is 2. The zero-order valence-corrected chi connectivity index (χ0v) is 20.9. The summed E-state index contributed by atoms with van der Waals surface area (Å²) in [4.78, 5) is 30.0. The van der Waals surface area contributed by atoms with Gasteiger partial charge in [0, 0.05) is 30.7 Å². The number of urea groups is 1. The summed E-state index contributed by atoms with van der Waals surface area (Å²) in [5, 5.41) is 17.9. The van der Waals surface area contributed by atoms with Crippen molar-refractivity contribution in [3.8, 4) is 0 Å². The summed E-state index contributed by atoms with van der Waals surface area (Å²) in [6.45, 7) is 5.71. The number of hydrogen-bond donors (Lipinski definition) is 3. The number of rotatable bonds is 6. The van der Waals surface area contributed by atoms with E-state index < -0.39 is 17.7 Å². The highest BCUT2D eigenvalue weighted by molar-refractivity contribution is 6.42. The van der Waals surface area contributed by atoms with E-state index in [0.717, 1.165) is 17.9 Å². The molecule has 3 atom stereocenters. The van der Waals surface area contributed by atoms with Crippen LogP contribution in [0.3, 0.4) is 0 Å². The van der Waals surface area contributed by atoms with Crippen LogP contribution in [-0.2, 0) is 10.5 Å². The predicted octanol–water partition coefficient (Wildman–Crippen LogP) is 4.96. The number of aliphatic hydroxyl groups is 1. The first-order valence-electron chi connectivity index (χ1n) is 11.7. The molecule has 0 spiro atoms. The summed E-state index contributed by atoms with van der Waals surface area (Å²) in [5.74, 6) is -0.680. The number of para-hydroxylation sites is 1. The number of benzene rings is 2. The standard InChI is InChI=1S/C25H30Cl2N4O3/c1-16-7-5-8-17(2)30(16)14-6-13-28-23(32)25(34)19-9-3-4-10-22(19)29-24(33)31(25)18-11-12-20(26)21(27)15-18/h3-4,9-12,15-17,34H,5-8,13-14H2,1-2H3,(H,28,32)(H,29,33)/t16-,17-,25-/m0/s1. The maximum atomic E-state index is 13.5. The van der Waals surface area contributed by atoms with E-state index in [2.05, 4.69) is 29.4 Å². The summed E-state index contributed by atoms with van der Waals surface area (Å²) in [5.41, 5.74) is -1.37. The van der Waals surface area contributed by atoms with E-state index in [-0.39, 0.29) is 16.3 Å². The first-order chi connectivity index (χ1) is 16.2. The molecule has 2 aromatic carbocycles. The Kier molecular flexibility index (Phi) is 7.38. The zero-order valence-electron chi connectivity index (χ0n) is 19.4. The second-order valence-corrected chi connectivity index (χ2v) is 9.87. The van der Waals surface area contributed by atoms with Crippen LogP contribution in [0.1, 0.15) is 45.1 Å². The van der Waals surface area contributed by atoms with Crippen molar-refractivity contribution in [1.82, 2.24) is 10.2 Å². The molecular formula is C25H30Cl2N4O3. The van der Waals surface area contributed by atoms with Gasteiger partial charge in [0.1, 0.15) is 0 Å². The van der Waals surface area contributed by atoms with Gasteiger partial charge < -0.3 is 15.7 Å².